The van der Waals surface area contributed by atoms with Gasteiger partial charge in [-0.3, -0.25) is 5.32 Å². The van der Waals surface area contributed by atoms with Gasteiger partial charge in [-0.15, -0.1) is 0 Å². The molecule has 0 aromatic carbocycles. The second-order valence-electron chi connectivity index (χ2n) is 9.91. The van der Waals surface area contributed by atoms with Crippen molar-refractivity contribution in [3.8, 4) is 0 Å². The second kappa shape index (κ2) is 20.1. The van der Waals surface area contributed by atoms with Crippen molar-refractivity contribution in [2.24, 2.45) is 0 Å². The summed E-state index contributed by atoms with van der Waals surface area (Å²) in [5.41, 5.74) is 0. The minimum Gasteiger partial charge on any atom is -0.377 e. The average Bonchev–Trinajstić information content (AvgIpc) is 3.65. The van der Waals surface area contributed by atoms with Crippen LogP contribution < -0.4 is 5.32 Å². The second-order valence-corrected chi connectivity index (χ2v) is 16.1. The first-order valence-corrected chi connectivity index (χ1v) is 18.5. The highest BCUT2D eigenvalue weighted by Gasteiger charge is 2.37. The highest BCUT2D eigenvalue weighted by molar-refractivity contribution is 6.60. The van der Waals surface area contributed by atoms with E-state index >= 15 is 0 Å². The van der Waals surface area contributed by atoms with Crippen LogP contribution in [0.2, 0.25) is 12.1 Å². The fourth-order valence-electron chi connectivity index (χ4n) is 4.72. The van der Waals surface area contributed by atoms with Crippen LogP contribution in [0.15, 0.2) is 0 Å². The van der Waals surface area contributed by atoms with E-state index in [-0.39, 0.29) is 0 Å². The molecule has 0 atom stereocenters. The zero-order valence-electron chi connectivity index (χ0n) is 25.8. The molecule has 41 heavy (non-hydrogen) atoms. The number of unbranched alkanes of at least 4 members (excludes halogenated alkanes) is 10. The minimum atomic E-state index is -2.45. The molecule has 0 radical (unpaired) electrons. The Morgan fingerprint density at radius 2 is 0.805 bits per heavy atom. The van der Waals surface area contributed by atoms with E-state index in [0.717, 1.165) is 102 Å². The van der Waals surface area contributed by atoms with Gasteiger partial charge < -0.3 is 26.6 Å². The highest BCUT2D eigenvalue weighted by Crippen LogP contribution is 2.20. The standard InChI is InChI=1S/C24H51N9O6Si2/c1-34-40(35-2,36-3)21-17-13-9-7-11-15-19-32-23(26-28-30-32)25-24-27-29-31-33(24)20-16-12-8-10-14-18-22-41(37-4,38-5)39-6/h7-22H2,1-6H3,(H,25,26,27,30,31). The molecule has 0 saturated heterocycles. The van der Waals surface area contributed by atoms with Crippen molar-refractivity contribution in [3.63, 3.8) is 0 Å². The summed E-state index contributed by atoms with van der Waals surface area (Å²) in [5, 5.41) is 27.3. The van der Waals surface area contributed by atoms with Gasteiger partial charge in [-0.1, -0.05) is 61.6 Å². The van der Waals surface area contributed by atoms with Gasteiger partial charge in [0.25, 0.3) is 0 Å². The highest BCUT2D eigenvalue weighted by atomic mass is 28.4. The van der Waals surface area contributed by atoms with E-state index in [0.29, 0.717) is 11.9 Å². The Bertz CT molecular complexity index is 842. The van der Waals surface area contributed by atoms with Gasteiger partial charge in [-0.2, -0.15) is 0 Å². The van der Waals surface area contributed by atoms with Crippen LogP contribution >= 0.6 is 0 Å². The van der Waals surface area contributed by atoms with E-state index < -0.39 is 17.6 Å². The van der Waals surface area contributed by atoms with Gasteiger partial charge in [-0.25, -0.2) is 9.36 Å². The summed E-state index contributed by atoms with van der Waals surface area (Å²) in [6.45, 7) is 1.46. The molecule has 0 unspecified atom stereocenters. The molecule has 0 aliphatic heterocycles. The van der Waals surface area contributed by atoms with Crippen LogP contribution in [0, 0.1) is 0 Å². The third kappa shape index (κ3) is 12.1. The molecule has 15 nitrogen and oxygen atoms in total. The fraction of sp³-hybridized carbons (Fsp3) is 0.917. The van der Waals surface area contributed by atoms with E-state index in [4.69, 9.17) is 26.6 Å². The van der Waals surface area contributed by atoms with Crippen LogP contribution in [0.5, 0.6) is 0 Å². The van der Waals surface area contributed by atoms with Gasteiger partial charge in [0.2, 0.25) is 11.9 Å². The summed E-state index contributed by atoms with van der Waals surface area (Å²) in [4.78, 5) is 0. The van der Waals surface area contributed by atoms with Crippen molar-refractivity contribution < 1.29 is 26.6 Å². The normalized spacial score (nSPS) is 12.3. The third-order valence-corrected chi connectivity index (χ3v) is 13.0. The van der Waals surface area contributed by atoms with Gasteiger partial charge >= 0.3 is 17.6 Å². The quantitative estimate of drug-likeness (QED) is 0.120. The van der Waals surface area contributed by atoms with Gasteiger partial charge in [0, 0.05) is 67.8 Å². The van der Waals surface area contributed by atoms with E-state index in [9.17, 15) is 0 Å². The first-order valence-electron chi connectivity index (χ1n) is 14.6. The van der Waals surface area contributed by atoms with Crippen molar-refractivity contribution in [1.29, 1.82) is 0 Å². The number of rotatable bonds is 26. The number of anilines is 2. The molecule has 2 heterocycles. The lowest BCUT2D eigenvalue weighted by molar-refractivity contribution is 0.122. The number of nitrogens with zero attached hydrogens (tertiary/aromatic N) is 8. The number of hydrogen-bond acceptors (Lipinski definition) is 13. The zero-order chi connectivity index (χ0) is 29.8. The molecular weight excluding hydrogens is 566 g/mol. The van der Waals surface area contributed by atoms with E-state index in [1.807, 2.05) is 0 Å². The van der Waals surface area contributed by atoms with Crippen LogP contribution in [0.1, 0.15) is 77.0 Å². The summed E-state index contributed by atoms with van der Waals surface area (Å²) in [5.74, 6) is 1.09. The maximum absolute atomic E-state index is 5.48. The Hall–Kier alpha value is -1.87. The molecule has 0 aliphatic rings. The molecular formula is C24H51N9O6Si2. The molecule has 0 spiro atoms. The molecule has 0 aliphatic carbocycles. The summed E-state index contributed by atoms with van der Waals surface area (Å²) >= 11 is 0. The summed E-state index contributed by atoms with van der Waals surface area (Å²) < 4.78 is 36.4. The van der Waals surface area contributed by atoms with Gasteiger partial charge in [0.15, 0.2) is 0 Å². The van der Waals surface area contributed by atoms with Crippen molar-refractivity contribution >= 4 is 29.5 Å². The smallest absolute Gasteiger partial charge is 0.377 e. The molecule has 236 valence electrons. The lowest BCUT2D eigenvalue weighted by Gasteiger charge is -2.24. The maximum atomic E-state index is 5.48. The Morgan fingerprint density at radius 1 is 0.488 bits per heavy atom. The van der Waals surface area contributed by atoms with Crippen LogP contribution in [0.3, 0.4) is 0 Å². The number of nitrogens with one attached hydrogen (secondary N) is 1. The zero-order valence-corrected chi connectivity index (χ0v) is 27.8. The topological polar surface area (TPSA) is 155 Å². The molecule has 2 rings (SSSR count). The Labute approximate surface area is 246 Å². The predicted molar refractivity (Wildman–Crippen MR) is 157 cm³/mol. The fourth-order valence-corrected chi connectivity index (χ4v) is 8.31. The Kier molecular flexibility index (Phi) is 17.3. The summed E-state index contributed by atoms with van der Waals surface area (Å²) in [7, 11) is 5.06. The monoisotopic (exact) mass is 617 g/mol. The number of tetrazole rings is 2. The molecule has 2 aromatic heterocycles. The van der Waals surface area contributed by atoms with Gasteiger partial charge in [-0.05, 0) is 46.5 Å². The molecule has 0 fully saturated rings. The van der Waals surface area contributed by atoms with Crippen molar-refractivity contribution in [1.82, 2.24) is 40.4 Å². The van der Waals surface area contributed by atoms with E-state index in [2.05, 4.69) is 36.4 Å². The average molecular weight is 618 g/mol. The Morgan fingerprint density at radius 3 is 1.15 bits per heavy atom. The number of hydrogen-bond donors (Lipinski definition) is 1. The van der Waals surface area contributed by atoms with Gasteiger partial charge in [0.05, 0.1) is 0 Å². The lowest BCUT2D eigenvalue weighted by Crippen LogP contribution is -2.42. The maximum Gasteiger partial charge on any atom is 0.500 e. The molecule has 2 aromatic rings. The molecule has 0 saturated carbocycles. The van der Waals surface area contributed by atoms with Crippen molar-refractivity contribution in [2.75, 3.05) is 48.0 Å². The van der Waals surface area contributed by atoms with E-state index in [1.165, 1.54) is 0 Å². The lowest BCUT2D eigenvalue weighted by atomic mass is 10.1. The van der Waals surface area contributed by atoms with Crippen LogP contribution in [0.4, 0.5) is 11.9 Å². The van der Waals surface area contributed by atoms with Crippen LogP contribution in [-0.4, -0.2) is 101 Å². The molecule has 1 N–H and O–H groups in total. The molecule has 17 heteroatoms. The van der Waals surface area contributed by atoms with E-state index in [1.54, 1.807) is 52.0 Å². The van der Waals surface area contributed by atoms with Crippen molar-refractivity contribution in [3.05, 3.63) is 0 Å². The molecule has 0 bridgehead atoms. The number of aromatic nitrogens is 8. The van der Waals surface area contributed by atoms with Crippen molar-refractivity contribution in [2.45, 2.75) is 102 Å². The van der Waals surface area contributed by atoms with Crippen LogP contribution in [-0.2, 0) is 39.6 Å². The number of aryl methyl sites for hydroxylation is 2. The minimum absolute atomic E-state index is 0.545. The third-order valence-electron chi connectivity index (χ3n) is 7.36. The summed E-state index contributed by atoms with van der Waals surface area (Å²) in [6, 6.07) is 1.69. The first kappa shape index (κ1) is 35.3. The Balaban J connectivity index is 1.61. The van der Waals surface area contributed by atoms with Gasteiger partial charge in [0.1, 0.15) is 0 Å². The predicted octanol–water partition coefficient (Wildman–Crippen LogP) is 3.84. The largest absolute Gasteiger partial charge is 0.500 e. The SMILES string of the molecule is CO[Si](CCCCCCCCn1nnnc1Nc1nnnn1CCCCCCCC[Si](OC)(OC)OC)(OC)OC. The summed E-state index contributed by atoms with van der Waals surface area (Å²) in [6.07, 6.45) is 13.2. The van der Waals surface area contributed by atoms with Crippen LogP contribution in [0.25, 0.3) is 0 Å². The first-order chi connectivity index (χ1) is 20.0. The molecule has 0 amide bonds.